The highest BCUT2D eigenvalue weighted by Gasteiger charge is 2.33. The molecule has 1 saturated heterocycles. The third-order valence-corrected chi connectivity index (χ3v) is 8.02. The standard InChI is InChI=1S/C23H24N4O3S2/c28-19-14-32-21(17-6-1-2-7-18(17)30-13-15-5-3-4-10-24-15)20-22(25-19)27(26-23(20)29)16-8-11-31-12-9-16/h1-7,10,16,21H,8-9,11-14H2,(H,25,28)(H,26,29)/t21-/m1/s1. The third kappa shape index (κ3) is 4.31. The molecule has 166 valence electrons. The maximum atomic E-state index is 13.2. The minimum absolute atomic E-state index is 0.0939. The molecule has 1 fully saturated rings. The lowest BCUT2D eigenvalue weighted by Gasteiger charge is -2.24. The summed E-state index contributed by atoms with van der Waals surface area (Å²) in [5, 5.41) is 5.71. The van der Waals surface area contributed by atoms with E-state index in [1.807, 2.05) is 58.9 Å². The number of amides is 1. The summed E-state index contributed by atoms with van der Waals surface area (Å²) in [5.74, 6) is 3.58. The van der Waals surface area contributed by atoms with Crippen LogP contribution in [0.3, 0.4) is 0 Å². The molecule has 2 aliphatic heterocycles. The predicted octanol–water partition coefficient (Wildman–Crippen LogP) is 3.99. The van der Waals surface area contributed by atoms with Crippen LogP contribution in [0.1, 0.15) is 41.0 Å². The van der Waals surface area contributed by atoms with Gasteiger partial charge in [0.25, 0.3) is 5.56 Å². The first-order valence-corrected chi connectivity index (χ1v) is 12.9. The normalized spacial score (nSPS) is 19.1. The predicted molar refractivity (Wildman–Crippen MR) is 129 cm³/mol. The second-order valence-corrected chi connectivity index (χ2v) is 10.1. The lowest BCUT2D eigenvalue weighted by molar-refractivity contribution is -0.113. The summed E-state index contributed by atoms with van der Waals surface area (Å²) >= 11 is 3.38. The van der Waals surface area contributed by atoms with Gasteiger partial charge in [-0.2, -0.15) is 11.8 Å². The number of thioether (sulfide) groups is 2. The first-order valence-electron chi connectivity index (χ1n) is 10.7. The van der Waals surface area contributed by atoms with Crippen molar-refractivity contribution in [2.75, 3.05) is 22.6 Å². The summed E-state index contributed by atoms with van der Waals surface area (Å²) in [6, 6.07) is 13.6. The number of pyridine rings is 1. The Balaban J connectivity index is 1.52. The van der Waals surface area contributed by atoms with Crippen LogP contribution < -0.4 is 15.6 Å². The van der Waals surface area contributed by atoms with E-state index in [1.54, 1.807) is 6.20 Å². The molecule has 0 aliphatic carbocycles. The van der Waals surface area contributed by atoms with Gasteiger partial charge in [0, 0.05) is 11.8 Å². The Morgan fingerprint density at radius 1 is 1.09 bits per heavy atom. The number of para-hydroxylation sites is 1. The number of carbonyl (C=O) groups excluding carboxylic acids is 1. The van der Waals surface area contributed by atoms with Crippen molar-refractivity contribution in [1.82, 2.24) is 14.8 Å². The summed E-state index contributed by atoms with van der Waals surface area (Å²) < 4.78 is 8.01. The number of aromatic nitrogens is 3. The molecule has 32 heavy (non-hydrogen) atoms. The molecule has 5 rings (SSSR count). The van der Waals surface area contributed by atoms with Crippen LogP contribution in [0.15, 0.2) is 53.5 Å². The quantitative estimate of drug-likeness (QED) is 0.589. The number of H-pyrrole nitrogens is 1. The molecule has 2 aliphatic rings. The van der Waals surface area contributed by atoms with E-state index in [0.29, 0.717) is 23.7 Å². The summed E-state index contributed by atoms with van der Waals surface area (Å²) in [4.78, 5) is 30.0. The largest absolute Gasteiger partial charge is 0.487 e. The van der Waals surface area contributed by atoms with Crippen LogP contribution in [0, 0.1) is 0 Å². The van der Waals surface area contributed by atoms with Crippen molar-refractivity contribution in [1.29, 1.82) is 0 Å². The Morgan fingerprint density at radius 2 is 1.91 bits per heavy atom. The van der Waals surface area contributed by atoms with E-state index in [-0.39, 0.29) is 28.5 Å². The fourth-order valence-electron chi connectivity index (χ4n) is 4.17. The lowest BCUT2D eigenvalue weighted by Crippen LogP contribution is -2.22. The van der Waals surface area contributed by atoms with Gasteiger partial charge in [-0.25, -0.2) is 0 Å². The summed E-state index contributed by atoms with van der Waals surface area (Å²) in [6.45, 7) is 0.330. The number of anilines is 1. The smallest absolute Gasteiger partial charge is 0.270 e. The zero-order chi connectivity index (χ0) is 21.9. The monoisotopic (exact) mass is 468 g/mol. The number of hydrogen-bond donors (Lipinski definition) is 2. The van der Waals surface area contributed by atoms with E-state index < -0.39 is 0 Å². The zero-order valence-corrected chi connectivity index (χ0v) is 19.1. The minimum Gasteiger partial charge on any atom is -0.487 e. The van der Waals surface area contributed by atoms with Crippen LogP contribution >= 0.6 is 23.5 Å². The summed E-state index contributed by atoms with van der Waals surface area (Å²) in [7, 11) is 0. The number of nitrogens with zero attached hydrogens (tertiary/aromatic N) is 2. The van der Waals surface area contributed by atoms with Crippen LogP contribution in [0.2, 0.25) is 0 Å². The molecule has 2 aromatic heterocycles. The highest BCUT2D eigenvalue weighted by atomic mass is 32.2. The van der Waals surface area contributed by atoms with Gasteiger partial charge in [-0.1, -0.05) is 24.3 Å². The molecule has 4 heterocycles. The topological polar surface area (TPSA) is 89.0 Å². The molecule has 7 nitrogen and oxygen atoms in total. The average molecular weight is 469 g/mol. The molecule has 0 saturated carbocycles. The van der Waals surface area contributed by atoms with E-state index in [2.05, 4.69) is 15.4 Å². The number of carbonyl (C=O) groups is 1. The second-order valence-electron chi connectivity index (χ2n) is 7.80. The molecule has 2 N–H and O–H groups in total. The molecule has 3 aromatic rings. The number of nitrogens with one attached hydrogen (secondary N) is 2. The van der Waals surface area contributed by atoms with Crippen LogP contribution in [0.5, 0.6) is 5.75 Å². The lowest BCUT2D eigenvalue weighted by atomic mass is 10.0. The number of rotatable bonds is 5. The number of fused-ring (bicyclic) bond motifs is 1. The van der Waals surface area contributed by atoms with Gasteiger partial charge in [0.2, 0.25) is 5.91 Å². The van der Waals surface area contributed by atoms with Crippen LogP contribution in [-0.2, 0) is 11.4 Å². The Kier molecular flexibility index (Phi) is 6.27. The van der Waals surface area contributed by atoms with Gasteiger partial charge in [0.05, 0.1) is 28.3 Å². The molecule has 0 radical (unpaired) electrons. The SMILES string of the molecule is O=C1CS[C@H](c2ccccc2OCc2ccccn2)c2c(n(C3CCSCC3)[nH]c2=O)N1. The van der Waals surface area contributed by atoms with Crippen molar-refractivity contribution in [3.05, 3.63) is 75.8 Å². The highest BCUT2D eigenvalue weighted by Crippen LogP contribution is 2.44. The molecule has 0 unspecified atom stereocenters. The van der Waals surface area contributed by atoms with Crippen LogP contribution in [0.4, 0.5) is 5.82 Å². The van der Waals surface area contributed by atoms with Crippen molar-refractivity contribution in [2.24, 2.45) is 0 Å². The van der Waals surface area contributed by atoms with Crippen molar-refractivity contribution in [3.8, 4) is 5.75 Å². The van der Waals surface area contributed by atoms with Gasteiger partial charge in [-0.05, 0) is 42.5 Å². The third-order valence-electron chi connectivity index (χ3n) is 5.72. The van der Waals surface area contributed by atoms with E-state index >= 15 is 0 Å². The van der Waals surface area contributed by atoms with E-state index in [0.717, 1.165) is 35.6 Å². The van der Waals surface area contributed by atoms with Gasteiger partial charge in [0.1, 0.15) is 18.2 Å². The fourth-order valence-corrected chi connectivity index (χ4v) is 6.40. The van der Waals surface area contributed by atoms with Gasteiger partial charge in [-0.3, -0.25) is 24.4 Å². The van der Waals surface area contributed by atoms with Crippen LogP contribution in [-0.4, -0.2) is 37.9 Å². The number of hydrogen-bond acceptors (Lipinski definition) is 6. The van der Waals surface area contributed by atoms with Gasteiger partial charge < -0.3 is 10.1 Å². The number of ether oxygens (including phenoxy) is 1. The molecule has 0 bridgehead atoms. The Hall–Kier alpha value is -2.65. The molecule has 1 aromatic carbocycles. The molecular weight excluding hydrogens is 444 g/mol. The van der Waals surface area contributed by atoms with Gasteiger partial charge in [0.15, 0.2) is 0 Å². The zero-order valence-electron chi connectivity index (χ0n) is 17.5. The van der Waals surface area contributed by atoms with Gasteiger partial charge >= 0.3 is 0 Å². The maximum absolute atomic E-state index is 13.2. The van der Waals surface area contributed by atoms with Crippen molar-refractivity contribution in [3.63, 3.8) is 0 Å². The molecule has 1 atom stereocenters. The van der Waals surface area contributed by atoms with E-state index in [1.165, 1.54) is 11.8 Å². The summed E-state index contributed by atoms with van der Waals surface area (Å²) in [5.41, 5.74) is 2.14. The van der Waals surface area contributed by atoms with E-state index in [9.17, 15) is 9.59 Å². The first-order chi connectivity index (χ1) is 15.7. The molecule has 1 amide bonds. The van der Waals surface area contributed by atoms with Crippen molar-refractivity contribution in [2.45, 2.75) is 30.7 Å². The first kappa shape index (κ1) is 21.2. The van der Waals surface area contributed by atoms with Crippen molar-refractivity contribution >= 4 is 35.2 Å². The highest BCUT2D eigenvalue weighted by molar-refractivity contribution is 8.00. The molecular formula is C23H24N4O3S2. The second kappa shape index (κ2) is 9.46. The van der Waals surface area contributed by atoms with Crippen LogP contribution in [0.25, 0.3) is 0 Å². The fraction of sp³-hybridized carbons (Fsp3) is 0.348. The van der Waals surface area contributed by atoms with Crippen molar-refractivity contribution < 1.29 is 9.53 Å². The molecule has 9 heteroatoms. The molecule has 0 spiro atoms. The Bertz CT molecular complexity index is 1160. The summed E-state index contributed by atoms with van der Waals surface area (Å²) in [6.07, 6.45) is 3.68. The minimum atomic E-state index is -0.313. The maximum Gasteiger partial charge on any atom is 0.270 e. The number of benzene rings is 1. The number of aromatic amines is 1. The Morgan fingerprint density at radius 3 is 2.72 bits per heavy atom. The van der Waals surface area contributed by atoms with E-state index in [4.69, 9.17) is 4.74 Å². The van der Waals surface area contributed by atoms with Gasteiger partial charge in [-0.15, -0.1) is 11.8 Å². The average Bonchev–Trinajstić information content (AvgIpc) is 3.04. The Labute approximate surface area is 194 Å².